The van der Waals surface area contributed by atoms with Gasteiger partial charge < -0.3 is 9.88 Å². The Morgan fingerprint density at radius 3 is 2.62 bits per heavy atom. The number of benzene rings is 2. The third-order valence-corrected chi connectivity index (χ3v) is 3.94. The van der Waals surface area contributed by atoms with Crippen molar-refractivity contribution in [3.8, 4) is 0 Å². The number of hydrogen-bond donors (Lipinski definition) is 1. The van der Waals surface area contributed by atoms with Crippen molar-refractivity contribution in [3.63, 3.8) is 0 Å². The minimum absolute atomic E-state index is 0.0788. The van der Waals surface area contributed by atoms with Crippen LogP contribution >= 0.6 is 0 Å². The molecule has 0 saturated carbocycles. The van der Waals surface area contributed by atoms with Crippen LogP contribution in [0.2, 0.25) is 0 Å². The van der Waals surface area contributed by atoms with Crippen LogP contribution in [0.25, 0.3) is 0 Å². The normalized spacial score (nSPS) is 10.6. The zero-order valence-corrected chi connectivity index (χ0v) is 14.0. The van der Waals surface area contributed by atoms with Crippen LogP contribution in [0.4, 0.5) is 14.5 Å². The molecule has 2 aromatic carbocycles. The van der Waals surface area contributed by atoms with Crippen molar-refractivity contribution in [2.24, 2.45) is 0 Å². The summed E-state index contributed by atoms with van der Waals surface area (Å²) in [6.45, 7) is 1.75. The summed E-state index contributed by atoms with van der Waals surface area (Å²) >= 11 is 0. The fraction of sp³-hybridized carbons (Fsp3) is 0.100. The average molecular weight is 354 g/mol. The van der Waals surface area contributed by atoms with Gasteiger partial charge in [-0.15, -0.1) is 0 Å². The molecule has 0 aliphatic carbocycles. The number of nitrogens with one attached hydrogen (secondary N) is 1. The Kier molecular flexibility index (Phi) is 4.93. The molecule has 0 atom stereocenters. The molecular weight excluding hydrogens is 338 g/mol. The van der Waals surface area contributed by atoms with Crippen LogP contribution in [0.3, 0.4) is 0 Å². The van der Waals surface area contributed by atoms with Crippen LogP contribution in [0, 0.1) is 18.6 Å². The van der Waals surface area contributed by atoms with Gasteiger partial charge in [-0.25, -0.2) is 8.78 Å². The van der Waals surface area contributed by atoms with Crippen molar-refractivity contribution in [3.05, 3.63) is 99.5 Å². The van der Waals surface area contributed by atoms with Gasteiger partial charge in [0, 0.05) is 11.9 Å². The number of hydrogen-bond acceptors (Lipinski definition) is 2. The van der Waals surface area contributed by atoms with Crippen molar-refractivity contribution < 1.29 is 13.6 Å². The Bertz CT molecular complexity index is 1030. The molecule has 26 heavy (non-hydrogen) atoms. The van der Waals surface area contributed by atoms with E-state index >= 15 is 0 Å². The van der Waals surface area contributed by atoms with E-state index in [0.29, 0.717) is 11.1 Å². The number of aromatic nitrogens is 1. The molecule has 1 amide bonds. The van der Waals surface area contributed by atoms with Gasteiger partial charge in [0.15, 0.2) is 0 Å². The lowest BCUT2D eigenvalue weighted by atomic mass is 10.2. The van der Waals surface area contributed by atoms with E-state index in [1.807, 2.05) is 0 Å². The summed E-state index contributed by atoms with van der Waals surface area (Å²) in [5.41, 5.74) is 0.732. The van der Waals surface area contributed by atoms with Crippen molar-refractivity contribution in [2.45, 2.75) is 13.5 Å². The summed E-state index contributed by atoms with van der Waals surface area (Å²) in [6.07, 6.45) is 1.52. The molecule has 6 heteroatoms. The van der Waals surface area contributed by atoms with E-state index in [1.54, 1.807) is 31.2 Å². The summed E-state index contributed by atoms with van der Waals surface area (Å²) in [6, 6.07) is 13.1. The molecule has 1 heterocycles. The van der Waals surface area contributed by atoms with Gasteiger partial charge in [-0.1, -0.05) is 18.2 Å². The Morgan fingerprint density at radius 2 is 1.88 bits per heavy atom. The van der Waals surface area contributed by atoms with Gasteiger partial charge in [0.2, 0.25) is 0 Å². The number of amides is 1. The first kappa shape index (κ1) is 17.5. The van der Waals surface area contributed by atoms with E-state index < -0.39 is 23.1 Å². The quantitative estimate of drug-likeness (QED) is 0.776. The fourth-order valence-electron chi connectivity index (χ4n) is 2.54. The van der Waals surface area contributed by atoms with E-state index in [0.717, 1.165) is 0 Å². The van der Waals surface area contributed by atoms with Gasteiger partial charge in [-0.3, -0.25) is 9.59 Å². The van der Waals surface area contributed by atoms with Crippen LogP contribution in [0.15, 0.2) is 65.6 Å². The molecule has 132 valence electrons. The van der Waals surface area contributed by atoms with E-state index in [-0.39, 0.29) is 17.8 Å². The lowest BCUT2D eigenvalue weighted by Gasteiger charge is -2.09. The molecular formula is C20H16F2N2O2. The third kappa shape index (κ3) is 3.85. The van der Waals surface area contributed by atoms with Crippen molar-refractivity contribution >= 4 is 11.6 Å². The molecule has 0 spiro atoms. The van der Waals surface area contributed by atoms with Gasteiger partial charge in [-0.05, 0) is 54.4 Å². The molecule has 3 aromatic rings. The average Bonchev–Trinajstić information content (AvgIpc) is 2.60. The van der Waals surface area contributed by atoms with Gasteiger partial charge in [0.1, 0.15) is 17.2 Å². The molecule has 0 aliphatic heterocycles. The molecule has 0 saturated heterocycles. The highest BCUT2D eigenvalue weighted by atomic mass is 19.1. The number of anilines is 1. The molecule has 1 aromatic heterocycles. The number of rotatable bonds is 4. The Labute approximate surface area is 148 Å². The van der Waals surface area contributed by atoms with Crippen molar-refractivity contribution in [2.75, 3.05) is 5.32 Å². The van der Waals surface area contributed by atoms with Crippen LogP contribution in [0.1, 0.15) is 21.5 Å². The number of pyridine rings is 1. The van der Waals surface area contributed by atoms with E-state index in [2.05, 4.69) is 5.32 Å². The maximum Gasteiger partial charge on any atom is 0.263 e. The zero-order chi connectivity index (χ0) is 18.7. The highest BCUT2D eigenvalue weighted by molar-refractivity contribution is 6.03. The molecule has 0 aliphatic rings. The van der Waals surface area contributed by atoms with E-state index in [4.69, 9.17) is 0 Å². The zero-order valence-electron chi connectivity index (χ0n) is 14.0. The van der Waals surface area contributed by atoms with Gasteiger partial charge in [0.05, 0.1) is 6.54 Å². The number of aryl methyl sites for hydroxylation is 1. The summed E-state index contributed by atoms with van der Waals surface area (Å²) < 4.78 is 28.2. The predicted octanol–water partition coefficient (Wildman–Crippen LogP) is 3.74. The highest BCUT2D eigenvalue weighted by Gasteiger charge is 2.13. The summed E-state index contributed by atoms with van der Waals surface area (Å²) in [4.78, 5) is 24.9. The molecule has 0 bridgehead atoms. The third-order valence-electron chi connectivity index (χ3n) is 3.94. The predicted molar refractivity (Wildman–Crippen MR) is 95.3 cm³/mol. The molecule has 0 unspecified atom stereocenters. The maximum absolute atomic E-state index is 13.6. The standard InChI is InChI=1S/C20H16F2N2O2/c1-13-7-8-16(11-18(13)22)23-19(25)17-6-3-9-24(20(17)26)12-14-4-2-5-15(21)10-14/h2-11H,12H2,1H3,(H,23,25). The van der Waals surface area contributed by atoms with Gasteiger partial charge >= 0.3 is 0 Å². The van der Waals surface area contributed by atoms with Crippen LogP contribution < -0.4 is 10.9 Å². The lowest BCUT2D eigenvalue weighted by molar-refractivity contribution is 0.102. The number of halogens is 2. The minimum atomic E-state index is -0.633. The largest absolute Gasteiger partial charge is 0.322 e. The first-order chi connectivity index (χ1) is 12.4. The summed E-state index contributed by atoms with van der Waals surface area (Å²) in [7, 11) is 0. The van der Waals surface area contributed by atoms with Gasteiger partial charge in [-0.2, -0.15) is 0 Å². The van der Waals surface area contributed by atoms with Crippen LogP contribution in [-0.4, -0.2) is 10.5 Å². The number of carbonyl (C=O) groups is 1. The second kappa shape index (κ2) is 7.31. The second-order valence-corrected chi connectivity index (χ2v) is 5.90. The summed E-state index contributed by atoms with van der Waals surface area (Å²) in [5.74, 6) is -1.47. The second-order valence-electron chi connectivity index (χ2n) is 5.90. The van der Waals surface area contributed by atoms with Crippen molar-refractivity contribution in [1.29, 1.82) is 0 Å². The van der Waals surface area contributed by atoms with Crippen molar-refractivity contribution in [1.82, 2.24) is 4.57 Å². The first-order valence-corrected chi connectivity index (χ1v) is 7.95. The first-order valence-electron chi connectivity index (χ1n) is 7.95. The Balaban J connectivity index is 1.85. The SMILES string of the molecule is Cc1ccc(NC(=O)c2cccn(Cc3cccc(F)c3)c2=O)cc1F. The smallest absolute Gasteiger partial charge is 0.263 e. The molecule has 0 radical (unpaired) electrons. The molecule has 1 N–H and O–H groups in total. The lowest BCUT2D eigenvalue weighted by Crippen LogP contribution is -2.29. The maximum atomic E-state index is 13.6. The monoisotopic (exact) mass is 354 g/mol. The minimum Gasteiger partial charge on any atom is -0.322 e. The Hall–Kier alpha value is -3.28. The topological polar surface area (TPSA) is 51.1 Å². The van der Waals surface area contributed by atoms with Crippen LogP contribution in [-0.2, 0) is 6.54 Å². The van der Waals surface area contributed by atoms with Crippen LogP contribution in [0.5, 0.6) is 0 Å². The number of nitrogens with zero attached hydrogens (tertiary/aromatic N) is 1. The molecule has 4 nitrogen and oxygen atoms in total. The van der Waals surface area contributed by atoms with E-state index in [1.165, 1.54) is 41.1 Å². The molecule has 3 rings (SSSR count). The summed E-state index contributed by atoms with van der Waals surface area (Å²) in [5, 5.41) is 2.52. The van der Waals surface area contributed by atoms with E-state index in [9.17, 15) is 18.4 Å². The number of carbonyl (C=O) groups excluding carboxylic acids is 1. The Morgan fingerprint density at radius 1 is 1.08 bits per heavy atom. The molecule has 0 fully saturated rings. The van der Waals surface area contributed by atoms with Gasteiger partial charge in [0.25, 0.3) is 11.5 Å². The fourth-order valence-corrected chi connectivity index (χ4v) is 2.54. The highest BCUT2D eigenvalue weighted by Crippen LogP contribution is 2.14.